The Balaban J connectivity index is 1.57. The lowest BCUT2D eigenvalue weighted by molar-refractivity contribution is 0.202. The molecule has 0 bridgehead atoms. The van der Waals surface area contributed by atoms with Crippen LogP contribution in [-0.4, -0.2) is 19.7 Å². The first-order chi connectivity index (χ1) is 10.9. The fourth-order valence-corrected chi connectivity index (χ4v) is 2.68. The zero-order valence-corrected chi connectivity index (χ0v) is 12.8. The molecule has 0 amide bonds. The van der Waals surface area contributed by atoms with Gasteiger partial charge < -0.3 is 14.8 Å². The van der Waals surface area contributed by atoms with Gasteiger partial charge in [0, 0.05) is 0 Å². The molecule has 1 aliphatic rings. The van der Waals surface area contributed by atoms with Gasteiger partial charge in [0.2, 0.25) is 0 Å². The van der Waals surface area contributed by atoms with E-state index in [0.717, 1.165) is 36.8 Å². The Morgan fingerprint density at radius 1 is 0.818 bits per heavy atom. The Morgan fingerprint density at radius 3 is 2.18 bits per heavy atom. The van der Waals surface area contributed by atoms with Crippen molar-refractivity contribution in [3.05, 3.63) is 60.2 Å². The Hall–Kier alpha value is -2.00. The second-order valence-corrected chi connectivity index (χ2v) is 5.73. The van der Waals surface area contributed by atoms with Gasteiger partial charge in [-0.1, -0.05) is 42.5 Å². The zero-order valence-electron chi connectivity index (χ0n) is 12.8. The molecule has 116 valence electrons. The van der Waals surface area contributed by atoms with E-state index in [1.54, 1.807) is 0 Å². The van der Waals surface area contributed by atoms with Crippen molar-refractivity contribution in [2.45, 2.75) is 19.4 Å². The van der Waals surface area contributed by atoms with Crippen molar-refractivity contribution >= 4 is 0 Å². The minimum absolute atomic E-state index is 0.564. The molecule has 0 unspecified atom stereocenters. The largest absolute Gasteiger partial charge is 0.489 e. The van der Waals surface area contributed by atoms with Gasteiger partial charge in [-0.05, 0) is 49.5 Å². The second-order valence-electron chi connectivity index (χ2n) is 5.73. The van der Waals surface area contributed by atoms with Crippen LogP contribution in [0.2, 0.25) is 0 Å². The summed E-state index contributed by atoms with van der Waals surface area (Å²) in [6.07, 6.45) is 2.38. The van der Waals surface area contributed by atoms with Crippen molar-refractivity contribution in [3.63, 3.8) is 0 Å². The number of hydrogen-bond acceptors (Lipinski definition) is 3. The lowest BCUT2D eigenvalue weighted by Gasteiger charge is -2.23. The SMILES string of the molecule is c1ccc(COc2ccccc2OCC2CCNCC2)cc1. The molecule has 2 aromatic rings. The van der Waals surface area contributed by atoms with Crippen molar-refractivity contribution in [1.29, 1.82) is 0 Å². The Kier molecular flexibility index (Phi) is 5.32. The van der Waals surface area contributed by atoms with Gasteiger partial charge in [0.15, 0.2) is 11.5 Å². The van der Waals surface area contributed by atoms with E-state index in [2.05, 4.69) is 17.4 Å². The number of ether oxygens (including phenoxy) is 2. The number of rotatable bonds is 6. The predicted octanol–water partition coefficient (Wildman–Crippen LogP) is 3.64. The molecule has 1 heterocycles. The fourth-order valence-electron chi connectivity index (χ4n) is 2.68. The highest BCUT2D eigenvalue weighted by atomic mass is 16.5. The van der Waals surface area contributed by atoms with Crippen molar-refractivity contribution < 1.29 is 9.47 Å². The summed E-state index contributed by atoms with van der Waals surface area (Å²) in [5, 5.41) is 3.38. The van der Waals surface area contributed by atoms with Crippen LogP contribution in [0.5, 0.6) is 11.5 Å². The van der Waals surface area contributed by atoms with Crippen molar-refractivity contribution in [2.24, 2.45) is 5.92 Å². The van der Waals surface area contributed by atoms with Crippen LogP contribution in [0.1, 0.15) is 18.4 Å². The van der Waals surface area contributed by atoms with Gasteiger partial charge in [-0.3, -0.25) is 0 Å². The van der Waals surface area contributed by atoms with E-state index in [0.29, 0.717) is 12.5 Å². The summed E-state index contributed by atoms with van der Waals surface area (Å²) < 4.78 is 11.9. The molecule has 3 nitrogen and oxygen atoms in total. The summed E-state index contributed by atoms with van der Waals surface area (Å²) in [6, 6.07) is 18.1. The topological polar surface area (TPSA) is 30.5 Å². The quantitative estimate of drug-likeness (QED) is 0.883. The third-order valence-electron chi connectivity index (χ3n) is 4.02. The molecule has 1 N–H and O–H groups in total. The Bertz CT molecular complexity index is 565. The highest BCUT2D eigenvalue weighted by molar-refractivity contribution is 5.39. The van der Waals surface area contributed by atoms with Crippen LogP contribution in [0, 0.1) is 5.92 Å². The van der Waals surface area contributed by atoms with E-state index >= 15 is 0 Å². The highest BCUT2D eigenvalue weighted by Gasteiger charge is 2.14. The van der Waals surface area contributed by atoms with E-state index in [9.17, 15) is 0 Å². The summed E-state index contributed by atoms with van der Waals surface area (Å²) in [5.74, 6) is 2.31. The molecule has 3 heteroatoms. The van der Waals surface area contributed by atoms with E-state index < -0.39 is 0 Å². The molecule has 22 heavy (non-hydrogen) atoms. The normalized spacial score (nSPS) is 15.5. The fraction of sp³-hybridized carbons (Fsp3) is 0.368. The maximum Gasteiger partial charge on any atom is 0.161 e. The van der Waals surface area contributed by atoms with Gasteiger partial charge in [0.25, 0.3) is 0 Å². The van der Waals surface area contributed by atoms with E-state index in [4.69, 9.17) is 9.47 Å². The molecule has 1 fully saturated rings. The average molecular weight is 297 g/mol. The van der Waals surface area contributed by atoms with Crippen LogP contribution >= 0.6 is 0 Å². The molecule has 1 saturated heterocycles. The van der Waals surface area contributed by atoms with Crippen LogP contribution < -0.4 is 14.8 Å². The maximum absolute atomic E-state index is 6.01. The highest BCUT2D eigenvalue weighted by Crippen LogP contribution is 2.28. The summed E-state index contributed by atoms with van der Waals surface area (Å²) in [6.45, 7) is 3.53. The van der Waals surface area contributed by atoms with Crippen LogP contribution in [0.3, 0.4) is 0 Å². The van der Waals surface area contributed by atoms with E-state index in [-0.39, 0.29) is 0 Å². The van der Waals surface area contributed by atoms with Gasteiger partial charge in [-0.2, -0.15) is 0 Å². The third-order valence-corrected chi connectivity index (χ3v) is 4.02. The molecule has 3 rings (SSSR count). The molecule has 0 aliphatic carbocycles. The lowest BCUT2D eigenvalue weighted by atomic mass is 9.99. The molecule has 1 aliphatic heterocycles. The first-order valence-corrected chi connectivity index (χ1v) is 8.01. The zero-order chi connectivity index (χ0) is 15.0. The van der Waals surface area contributed by atoms with Crippen LogP contribution in [0.15, 0.2) is 54.6 Å². The number of piperidine rings is 1. The van der Waals surface area contributed by atoms with Crippen LogP contribution in [-0.2, 0) is 6.61 Å². The van der Waals surface area contributed by atoms with Gasteiger partial charge in [-0.25, -0.2) is 0 Å². The number of hydrogen-bond donors (Lipinski definition) is 1. The standard InChI is InChI=1S/C19H23NO2/c1-2-6-16(7-3-1)14-21-18-8-4-5-9-19(18)22-15-17-10-12-20-13-11-17/h1-9,17,20H,10-15H2. The predicted molar refractivity (Wildman–Crippen MR) is 88.3 cm³/mol. The van der Waals surface area contributed by atoms with Gasteiger partial charge in [0.1, 0.15) is 6.61 Å². The van der Waals surface area contributed by atoms with Gasteiger partial charge in [0.05, 0.1) is 6.61 Å². The molecule has 2 aromatic carbocycles. The van der Waals surface area contributed by atoms with Crippen molar-refractivity contribution in [2.75, 3.05) is 19.7 Å². The molecule has 0 atom stereocenters. The molecular weight excluding hydrogens is 274 g/mol. The van der Waals surface area contributed by atoms with Crippen molar-refractivity contribution in [1.82, 2.24) is 5.32 Å². The monoisotopic (exact) mass is 297 g/mol. The number of para-hydroxylation sites is 2. The summed E-state index contributed by atoms with van der Waals surface area (Å²) in [5.41, 5.74) is 1.16. The molecule has 0 spiro atoms. The third kappa shape index (κ3) is 4.25. The summed E-state index contributed by atoms with van der Waals surface area (Å²) in [7, 11) is 0. The Labute approximate surface area is 132 Å². The first kappa shape index (κ1) is 14.9. The number of benzene rings is 2. The maximum atomic E-state index is 6.01. The number of nitrogens with one attached hydrogen (secondary N) is 1. The van der Waals surface area contributed by atoms with Gasteiger partial charge in [-0.15, -0.1) is 0 Å². The molecule has 0 radical (unpaired) electrons. The van der Waals surface area contributed by atoms with Crippen LogP contribution in [0.25, 0.3) is 0 Å². The smallest absolute Gasteiger partial charge is 0.161 e. The summed E-state index contributed by atoms with van der Waals surface area (Å²) in [4.78, 5) is 0. The lowest BCUT2D eigenvalue weighted by Crippen LogP contribution is -2.30. The van der Waals surface area contributed by atoms with E-state index in [1.807, 2.05) is 42.5 Å². The van der Waals surface area contributed by atoms with Crippen LogP contribution in [0.4, 0.5) is 0 Å². The minimum atomic E-state index is 0.564. The van der Waals surface area contributed by atoms with Gasteiger partial charge >= 0.3 is 0 Å². The Morgan fingerprint density at radius 2 is 1.45 bits per heavy atom. The second kappa shape index (κ2) is 7.85. The molecule has 0 aromatic heterocycles. The summed E-state index contributed by atoms with van der Waals surface area (Å²) >= 11 is 0. The van der Waals surface area contributed by atoms with Crippen molar-refractivity contribution in [3.8, 4) is 11.5 Å². The first-order valence-electron chi connectivity index (χ1n) is 8.01. The molecular formula is C19H23NO2. The molecule has 0 saturated carbocycles. The average Bonchev–Trinajstić information content (AvgIpc) is 2.61. The minimum Gasteiger partial charge on any atom is -0.489 e. The van der Waals surface area contributed by atoms with E-state index in [1.165, 1.54) is 12.8 Å².